The van der Waals surface area contributed by atoms with Gasteiger partial charge in [0.05, 0.1) is 16.1 Å². The number of carboxylic acids is 1. The number of carbonyl (C=O) groups is 1. The Labute approximate surface area is 93.1 Å². The second-order valence-electron chi connectivity index (χ2n) is 4.00. The number of aromatic nitrogens is 1. The van der Waals surface area contributed by atoms with Crippen LogP contribution in [0.2, 0.25) is 0 Å². The Hall–Kier alpha value is -0.940. The molecule has 0 aromatic carbocycles. The molecule has 0 fully saturated rings. The van der Waals surface area contributed by atoms with Crippen LogP contribution < -0.4 is 5.73 Å². The molecule has 0 radical (unpaired) electrons. The van der Waals surface area contributed by atoms with Crippen molar-refractivity contribution in [1.82, 2.24) is 4.98 Å². The van der Waals surface area contributed by atoms with Crippen molar-refractivity contribution in [1.29, 1.82) is 0 Å². The van der Waals surface area contributed by atoms with Crippen LogP contribution in [0, 0.1) is 19.3 Å². The van der Waals surface area contributed by atoms with Gasteiger partial charge in [0.25, 0.3) is 0 Å². The molecule has 84 valence electrons. The number of thiazole rings is 1. The summed E-state index contributed by atoms with van der Waals surface area (Å²) in [5.41, 5.74) is 5.56. The minimum absolute atomic E-state index is 0.125. The summed E-state index contributed by atoms with van der Waals surface area (Å²) in [6.45, 7) is 5.69. The molecule has 1 rings (SSSR count). The zero-order valence-electron chi connectivity index (χ0n) is 9.20. The molecular weight excluding hydrogens is 212 g/mol. The van der Waals surface area contributed by atoms with Crippen molar-refractivity contribution in [3.8, 4) is 0 Å². The topological polar surface area (TPSA) is 76.2 Å². The van der Waals surface area contributed by atoms with Crippen LogP contribution in [-0.2, 0) is 11.2 Å². The zero-order valence-corrected chi connectivity index (χ0v) is 10.0. The molecule has 1 unspecified atom stereocenters. The van der Waals surface area contributed by atoms with E-state index in [1.165, 1.54) is 0 Å². The smallest absolute Gasteiger partial charge is 0.311 e. The van der Waals surface area contributed by atoms with E-state index in [2.05, 4.69) is 4.98 Å². The lowest BCUT2D eigenvalue weighted by molar-refractivity contribution is -0.147. The lowest BCUT2D eigenvalue weighted by Crippen LogP contribution is -2.37. The maximum atomic E-state index is 11.0. The third kappa shape index (κ3) is 2.54. The van der Waals surface area contributed by atoms with E-state index in [-0.39, 0.29) is 6.54 Å². The molecule has 1 atom stereocenters. The van der Waals surface area contributed by atoms with E-state index in [4.69, 9.17) is 10.8 Å². The average molecular weight is 228 g/mol. The third-order valence-electron chi connectivity index (χ3n) is 2.58. The number of nitrogens with two attached hydrogens (primary N) is 1. The van der Waals surface area contributed by atoms with Crippen LogP contribution in [0.4, 0.5) is 0 Å². The number of aliphatic carboxylic acids is 1. The molecule has 5 heteroatoms. The summed E-state index contributed by atoms with van der Waals surface area (Å²) < 4.78 is 0. The Kier molecular flexibility index (Phi) is 3.46. The van der Waals surface area contributed by atoms with Gasteiger partial charge in [-0.3, -0.25) is 4.79 Å². The largest absolute Gasteiger partial charge is 0.481 e. The summed E-state index contributed by atoms with van der Waals surface area (Å²) >= 11 is 1.54. The highest BCUT2D eigenvalue weighted by Crippen LogP contribution is 2.26. The fraction of sp³-hybridized carbons (Fsp3) is 0.600. The first kappa shape index (κ1) is 12.1. The second kappa shape index (κ2) is 4.28. The first-order valence-electron chi connectivity index (χ1n) is 4.75. The van der Waals surface area contributed by atoms with Gasteiger partial charge < -0.3 is 10.8 Å². The van der Waals surface area contributed by atoms with Gasteiger partial charge in [-0.1, -0.05) is 0 Å². The van der Waals surface area contributed by atoms with E-state index < -0.39 is 11.4 Å². The van der Waals surface area contributed by atoms with Crippen molar-refractivity contribution in [3.05, 3.63) is 15.6 Å². The van der Waals surface area contributed by atoms with Gasteiger partial charge in [-0.25, -0.2) is 4.98 Å². The van der Waals surface area contributed by atoms with Crippen LogP contribution >= 0.6 is 11.3 Å². The molecule has 1 aromatic heterocycles. The maximum absolute atomic E-state index is 11.0. The first-order valence-corrected chi connectivity index (χ1v) is 5.57. The SMILES string of the molecule is Cc1nc(CC(C)(CN)C(=O)O)sc1C. The fourth-order valence-corrected chi connectivity index (χ4v) is 2.30. The number of hydrogen-bond acceptors (Lipinski definition) is 4. The van der Waals surface area contributed by atoms with E-state index in [0.29, 0.717) is 6.42 Å². The zero-order chi connectivity index (χ0) is 11.6. The van der Waals surface area contributed by atoms with E-state index in [0.717, 1.165) is 15.6 Å². The molecule has 0 aliphatic carbocycles. The Morgan fingerprint density at radius 3 is 2.53 bits per heavy atom. The number of nitrogens with zero attached hydrogens (tertiary/aromatic N) is 1. The van der Waals surface area contributed by atoms with Crippen LogP contribution in [0.25, 0.3) is 0 Å². The number of aryl methyl sites for hydroxylation is 2. The van der Waals surface area contributed by atoms with Gasteiger partial charge in [0.15, 0.2) is 0 Å². The van der Waals surface area contributed by atoms with Gasteiger partial charge in [-0.15, -0.1) is 11.3 Å². The van der Waals surface area contributed by atoms with Crippen molar-refractivity contribution in [2.75, 3.05) is 6.54 Å². The average Bonchev–Trinajstić information content (AvgIpc) is 2.45. The Morgan fingerprint density at radius 1 is 1.60 bits per heavy atom. The molecule has 4 nitrogen and oxygen atoms in total. The lowest BCUT2D eigenvalue weighted by atomic mass is 9.87. The molecule has 0 bridgehead atoms. The lowest BCUT2D eigenvalue weighted by Gasteiger charge is -2.20. The van der Waals surface area contributed by atoms with Gasteiger partial charge >= 0.3 is 5.97 Å². The van der Waals surface area contributed by atoms with Crippen molar-refractivity contribution < 1.29 is 9.90 Å². The van der Waals surface area contributed by atoms with Crippen molar-refractivity contribution in [2.24, 2.45) is 11.1 Å². The quantitative estimate of drug-likeness (QED) is 0.815. The molecule has 0 spiro atoms. The Balaban J connectivity index is 2.88. The minimum atomic E-state index is -0.906. The summed E-state index contributed by atoms with van der Waals surface area (Å²) in [7, 11) is 0. The summed E-state index contributed by atoms with van der Waals surface area (Å²) in [4.78, 5) is 16.5. The molecule has 0 amide bonds. The van der Waals surface area contributed by atoms with Crippen molar-refractivity contribution >= 4 is 17.3 Å². The van der Waals surface area contributed by atoms with Crippen molar-refractivity contribution in [2.45, 2.75) is 27.2 Å². The number of rotatable bonds is 4. The van der Waals surface area contributed by atoms with Gasteiger partial charge in [0.2, 0.25) is 0 Å². The highest BCUT2D eigenvalue weighted by molar-refractivity contribution is 7.11. The minimum Gasteiger partial charge on any atom is -0.481 e. The summed E-state index contributed by atoms with van der Waals surface area (Å²) in [5, 5.41) is 9.91. The molecule has 0 saturated carbocycles. The van der Waals surface area contributed by atoms with Crippen LogP contribution in [0.5, 0.6) is 0 Å². The molecule has 1 aromatic rings. The van der Waals surface area contributed by atoms with Gasteiger partial charge in [-0.2, -0.15) is 0 Å². The van der Waals surface area contributed by atoms with Crippen LogP contribution in [0.15, 0.2) is 0 Å². The number of hydrogen-bond donors (Lipinski definition) is 2. The molecule has 15 heavy (non-hydrogen) atoms. The van der Waals surface area contributed by atoms with E-state index in [9.17, 15) is 4.79 Å². The highest BCUT2D eigenvalue weighted by Gasteiger charge is 2.33. The second-order valence-corrected chi connectivity index (χ2v) is 5.28. The third-order valence-corrected chi connectivity index (χ3v) is 3.65. The molecule has 0 saturated heterocycles. The van der Waals surface area contributed by atoms with Gasteiger partial charge in [0, 0.05) is 17.8 Å². The first-order chi connectivity index (χ1) is 6.89. The summed E-state index contributed by atoms with van der Waals surface area (Å²) in [6.07, 6.45) is 0.401. The summed E-state index contributed by atoms with van der Waals surface area (Å²) in [6, 6.07) is 0. The number of carboxylic acid groups (broad SMARTS) is 1. The molecular formula is C10H16N2O2S. The predicted octanol–water partition coefficient (Wildman–Crippen LogP) is 1.35. The Bertz CT molecular complexity index is 356. The van der Waals surface area contributed by atoms with Crippen LogP contribution in [-0.4, -0.2) is 22.6 Å². The van der Waals surface area contributed by atoms with E-state index >= 15 is 0 Å². The fourth-order valence-electron chi connectivity index (χ4n) is 1.18. The Morgan fingerprint density at radius 2 is 2.20 bits per heavy atom. The van der Waals surface area contributed by atoms with Gasteiger partial charge in [-0.05, 0) is 20.8 Å². The van der Waals surface area contributed by atoms with E-state index in [1.54, 1.807) is 18.3 Å². The molecule has 1 heterocycles. The normalized spacial score (nSPS) is 14.9. The highest BCUT2D eigenvalue weighted by atomic mass is 32.1. The molecule has 0 aliphatic heterocycles. The van der Waals surface area contributed by atoms with Gasteiger partial charge in [0.1, 0.15) is 0 Å². The monoisotopic (exact) mass is 228 g/mol. The van der Waals surface area contributed by atoms with Crippen LogP contribution in [0.1, 0.15) is 22.5 Å². The summed E-state index contributed by atoms with van der Waals surface area (Å²) in [5.74, 6) is -0.865. The molecule has 0 aliphatic rings. The van der Waals surface area contributed by atoms with Crippen molar-refractivity contribution in [3.63, 3.8) is 0 Å². The standard InChI is InChI=1S/C10H16N2O2S/c1-6-7(2)15-8(12-6)4-10(3,5-11)9(13)14/h4-5,11H2,1-3H3,(H,13,14). The van der Waals surface area contributed by atoms with E-state index in [1.807, 2.05) is 13.8 Å². The predicted molar refractivity (Wildman–Crippen MR) is 60.1 cm³/mol. The molecule has 3 N–H and O–H groups in total. The van der Waals surface area contributed by atoms with Crippen LogP contribution in [0.3, 0.4) is 0 Å². The maximum Gasteiger partial charge on any atom is 0.311 e.